The van der Waals surface area contributed by atoms with E-state index in [9.17, 15) is 9.59 Å². The van der Waals surface area contributed by atoms with E-state index in [0.29, 0.717) is 19.7 Å². The molecule has 4 nitrogen and oxygen atoms in total. The standard InChI is InChI=1S/C14H18BrNO3S/c1-3-19-14(18)10-5-4-6-16(8-10)13(17)11-7-9(2)12(15)20-11/h7,10H,3-6,8H2,1-2H3/t10-/m0/s1. The fourth-order valence-electron chi connectivity index (χ4n) is 2.34. The molecule has 1 atom stereocenters. The third-order valence-corrected chi connectivity index (χ3v) is 5.52. The Morgan fingerprint density at radius 1 is 1.55 bits per heavy atom. The van der Waals surface area contributed by atoms with Crippen LogP contribution in [0.4, 0.5) is 0 Å². The van der Waals surface area contributed by atoms with Gasteiger partial charge in [-0.25, -0.2) is 0 Å². The molecule has 0 aromatic carbocycles. The van der Waals surface area contributed by atoms with Gasteiger partial charge in [0.2, 0.25) is 0 Å². The molecule has 0 saturated carbocycles. The van der Waals surface area contributed by atoms with Crippen LogP contribution in [0.2, 0.25) is 0 Å². The number of aryl methyl sites for hydroxylation is 1. The molecule has 0 spiro atoms. The Labute approximate surface area is 131 Å². The SMILES string of the molecule is CCOC(=O)[C@H]1CCCN(C(=O)c2cc(C)c(Br)s2)C1. The molecule has 1 fully saturated rings. The lowest BCUT2D eigenvalue weighted by molar-refractivity contribution is -0.149. The minimum Gasteiger partial charge on any atom is -0.466 e. The molecule has 0 radical (unpaired) electrons. The van der Waals surface area contributed by atoms with Gasteiger partial charge in [0.1, 0.15) is 0 Å². The van der Waals surface area contributed by atoms with Crippen LogP contribution in [-0.4, -0.2) is 36.5 Å². The summed E-state index contributed by atoms with van der Waals surface area (Å²) < 4.78 is 6.04. The first-order valence-corrected chi connectivity index (χ1v) is 8.35. The Kier molecular flexibility index (Phi) is 5.21. The molecule has 1 aliphatic rings. The molecule has 0 aliphatic carbocycles. The number of piperidine rings is 1. The third-order valence-electron chi connectivity index (χ3n) is 3.40. The molecule has 110 valence electrons. The van der Waals surface area contributed by atoms with Gasteiger partial charge in [0, 0.05) is 13.1 Å². The number of rotatable bonds is 3. The number of likely N-dealkylation sites (tertiary alicyclic amines) is 1. The first-order valence-electron chi connectivity index (χ1n) is 6.74. The van der Waals surface area contributed by atoms with Crippen molar-refractivity contribution in [1.29, 1.82) is 0 Å². The molecule has 1 saturated heterocycles. The quantitative estimate of drug-likeness (QED) is 0.778. The maximum absolute atomic E-state index is 12.5. The van der Waals surface area contributed by atoms with Gasteiger partial charge in [-0.1, -0.05) is 0 Å². The van der Waals surface area contributed by atoms with Crippen LogP contribution in [0.3, 0.4) is 0 Å². The predicted molar refractivity (Wildman–Crippen MR) is 82.0 cm³/mol. The van der Waals surface area contributed by atoms with Crippen LogP contribution in [-0.2, 0) is 9.53 Å². The molecule has 0 N–H and O–H groups in total. The Balaban J connectivity index is 2.05. The van der Waals surface area contributed by atoms with Crippen molar-refractivity contribution in [2.75, 3.05) is 19.7 Å². The fourth-order valence-corrected chi connectivity index (χ4v) is 3.84. The Morgan fingerprint density at radius 2 is 2.30 bits per heavy atom. The molecule has 1 aromatic rings. The summed E-state index contributed by atoms with van der Waals surface area (Å²) in [5, 5.41) is 0. The molecule has 1 amide bonds. The summed E-state index contributed by atoms with van der Waals surface area (Å²) in [5.74, 6) is -0.358. The minimum absolute atomic E-state index is 0.0119. The third kappa shape index (κ3) is 3.41. The number of hydrogen-bond donors (Lipinski definition) is 0. The summed E-state index contributed by atoms with van der Waals surface area (Å²) in [4.78, 5) is 26.7. The lowest BCUT2D eigenvalue weighted by Crippen LogP contribution is -2.42. The summed E-state index contributed by atoms with van der Waals surface area (Å²) >= 11 is 4.88. The lowest BCUT2D eigenvalue weighted by Gasteiger charge is -2.31. The van der Waals surface area contributed by atoms with Gasteiger partial charge in [-0.2, -0.15) is 0 Å². The van der Waals surface area contributed by atoms with Gasteiger partial charge < -0.3 is 9.64 Å². The van der Waals surface area contributed by atoms with Gasteiger partial charge in [0.05, 0.1) is 21.2 Å². The van der Waals surface area contributed by atoms with E-state index in [1.165, 1.54) is 11.3 Å². The van der Waals surface area contributed by atoms with E-state index in [4.69, 9.17) is 4.74 Å². The average Bonchev–Trinajstić information content (AvgIpc) is 2.78. The highest BCUT2D eigenvalue weighted by Gasteiger charge is 2.30. The second-order valence-corrected chi connectivity index (χ2v) is 7.28. The van der Waals surface area contributed by atoms with Gasteiger partial charge in [-0.15, -0.1) is 11.3 Å². The van der Waals surface area contributed by atoms with Crippen LogP contribution in [0, 0.1) is 12.8 Å². The van der Waals surface area contributed by atoms with Crippen molar-refractivity contribution >= 4 is 39.1 Å². The zero-order valence-electron chi connectivity index (χ0n) is 11.6. The number of ether oxygens (including phenoxy) is 1. The summed E-state index contributed by atoms with van der Waals surface area (Å²) in [6.07, 6.45) is 1.65. The lowest BCUT2D eigenvalue weighted by atomic mass is 9.98. The van der Waals surface area contributed by atoms with Gasteiger partial charge in [-0.3, -0.25) is 9.59 Å². The average molecular weight is 360 g/mol. The second kappa shape index (κ2) is 6.72. The molecule has 0 unspecified atom stereocenters. The van der Waals surface area contributed by atoms with Crippen LogP contribution in [0.1, 0.15) is 35.0 Å². The summed E-state index contributed by atoms with van der Waals surface area (Å²) in [5.41, 5.74) is 1.07. The zero-order chi connectivity index (χ0) is 14.7. The molecule has 2 rings (SSSR count). The normalized spacial score (nSPS) is 18.9. The van der Waals surface area contributed by atoms with Gasteiger partial charge >= 0.3 is 5.97 Å². The van der Waals surface area contributed by atoms with E-state index in [2.05, 4.69) is 15.9 Å². The van der Waals surface area contributed by atoms with Crippen LogP contribution in [0.5, 0.6) is 0 Å². The van der Waals surface area contributed by atoms with E-state index >= 15 is 0 Å². The molecule has 1 aliphatic heterocycles. The van der Waals surface area contributed by atoms with Gasteiger partial charge in [0.25, 0.3) is 5.91 Å². The highest BCUT2D eigenvalue weighted by molar-refractivity contribution is 9.11. The maximum Gasteiger partial charge on any atom is 0.310 e. The molecular weight excluding hydrogens is 342 g/mol. The van der Waals surface area contributed by atoms with E-state index in [1.807, 2.05) is 13.0 Å². The topological polar surface area (TPSA) is 46.6 Å². The van der Waals surface area contributed by atoms with Crippen molar-refractivity contribution in [2.45, 2.75) is 26.7 Å². The number of halogens is 1. The predicted octanol–water partition coefficient (Wildman–Crippen LogP) is 3.23. The van der Waals surface area contributed by atoms with Gasteiger partial charge in [-0.05, 0) is 54.2 Å². The number of esters is 1. The monoisotopic (exact) mass is 359 g/mol. The van der Waals surface area contributed by atoms with Crippen molar-refractivity contribution in [3.05, 3.63) is 20.3 Å². The second-order valence-electron chi connectivity index (χ2n) is 4.91. The molecule has 2 heterocycles. The minimum atomic E-state index is -0.187. The van der Waals surface area contributed by atoms with E-state index in [1.54, 1.807) is 11.8 Å². The zero-order valence-corrected chi connectivity index (χ0v) is 14.1. The number of hydrogen-bond acceptors (Lipinski definition) is 4. The van der Waals surface area contributed by atoms with Crippen LogP contribution >= 0.6 is 27.3 Å². The largest absolute Gasteiger partial charge is 0.466 e. The Hall–Kier alpha value is -0.880. The summed E-state index contributed by atoms with van der Waals surface area (Å²) in [6.45, 7) is 5.33. The van der Waals surface area contributed by atoms with E-state index < -0.39 is 0 Å². The van der Waals surface area contributed by atoms with Crippen molar-refractivity contribution in [3.63, 3.8) is 0 Å². The number of thiophene rings is 1. The van der Waals surface area contributed by atoms with Crippen molar-refractivity contribution in [3.8, 4) is 0 Å². The molecule has 1 aromatic heterocycles. The fraction of sp³-hybridized carbons (Fsp3) is 0.571. The number of nitrogens with zero attached hydrogens (tertiary/aromatic N) is 1. The Morgan fingerprint density at radius 3 is 2.90 bits per heavy atom. The van der Waals surface area contributed by atoms with Gasteiger partial charge in [0.15, 0.2) is 0 Å². The number of carbonyl (C=O) groups is 2. The molecule has 0 bridgehead atoms. The molecular formula is C14H18BrNO3S. The van der Waals surface area contributed by atoms with E-state index in [-0.39, 0.29) is 17.8 Å². The van der Waals surface area contributed by atoms with Crippen molar-refractivity contribution in [1.82, 2.24) is 4.90 Å². The Bertz CT molecular complexity index is 495. The van der Waals surface area contributed by atoms with Crippen molar-refractivity contribution in [2.24, 2.45) is 5.92 Å². The highest BCUT2D eigenvalue weighted by Crippen LogP contribution is 2.29. The van der Waals surface area contributed by atoms with Crippen LogP contribution in [0.25, 0.3) is 0 Å². The summed E-state index contributed by atoms with van der Waals surface area (Å²) in [7, 11) is 0. The first-order chi connectivity index (χ1) is 9.52. The van der Waals surface area contributed by atoms with E-state index in [0.717, 1.165) is 27.1 Å². The maximum atomic E-state index is 12.5. The number of carbonyl (C=O) groups excluding carboxylic acids is 2. The highest BCUT2D eigenvalue weighted by atomic mass is 79.9. The molecule has 20 heavy (non-hydrogen) atoms. The summed E-state index contributed by atoms with van der Waals surface area (Å²) in [6, 6.07) is 1.89. The van der Waals surface area contributed by atoms with Crippen molar-refractivity contribution < 1.29 is 14.3 Å². The van der Waals surface area contributed by atoms with Crippen LogP contribution < -0.4 is 0 Å². The smallest absolute Gasteiger partial charge is 0.310 e. The first kappa shape index (κ1) is 15.5. The van der Waals surface area contributed by atoms with Crippen LogP contribution in [0.15, 0.2) is 9.85 Å². The molecule has 6 heteroatoms. The number of amides is 1.